The van der Waals surface area contributed by atoms with Gasteiger partial charge in [-0.25, -0.2) is 0 Å². The summed E-state index contributed by atoms with van der Waals surface area (Å²) in [5, 5.41) is 7.66. The van der Waals surface area contributed by atoms with Gasteiger partial charge in [-0.15, -0.1) is 0 Å². The fourth-order valence-corrected chi connectivity index (χ4v) is 2.21. The van der Waals surface area contributed by atoms with E-state index in [2.05, 4.69) is 10.4 Å². The van der Waals surface area contributed by atoms with Gasteiger partial charge in [-0.3, -0.25) is 4.68 Å². The monoisotopic (exact) mass is 291 g/mol. The Morgan fingerprint density at radius 3 is 2.10 bits per heavy atom. The maximum absolute atomic E-state index is 5.34. The van der Waals surface area contributed by atoms with Gasteiger partial charge in [0.15, 0.2) is 11.5 Å². The molecule has 0 aliphatic heterocycles. The number of hydrogen-bond acceptors (Lipinski definition) is 5. The summed E-state index contributed by atoms with van der Waals surface area (Å²) in [6.45, 7) is 2.64. The third kappa shape index (κ3) is 3.21. The molecule has 0 aliphatic carbocycles. The molecule has 21 heavy (non-hydrogen) atoms. The van der Waals surface area contributed by atoms with E-state index in [1.807, 2.05) is 36.9 Å². The SMILES string of the molecule is COc1cc(NCc2cc(C)nn2C)cc(OC)c1OC. The molecule has 0 bridgehead atoms. The highest BCUT2D eigenvalue weighted by Crippen LogP contribution is 2.39. The molecule has 2 rings (SSSR count). The molecule has 6 nitrogen and oxygen atoms in total. The van der Waals surface area contributed by atoms with E-state index in [0.717, 1.165) is 17.1 Å². The van der Waals surface area contributed by atoms with Gasteiger partial charge < -0.3 is 19.5 Å². The second kappa shape index (κ2) is 6.39. The average molecular weight is 291 g/mol. The van der Waals surface area contributed by atoms with Crippen LogP contribution in [-0.2, 0) is 13.6 Å². The van der Waals surface area contributed by atoms with Crippen molar-refractivity contribution in [3.63, 3.8) is 0 Å². The Labute approximate surface area is 124 Å². The second-order valence-corrected chi connectivity index (χ2v) is 4.67. The minimum atomic E-state index is 0.585. The van der Waals surface area contributed by atoms with E-state index in [-0.39, 0.29) is 0 Å². The molecular weight excluding hydrogens is 270 g/mol. The van der Waals surface area contributed by atoms with Crippen LogP contribution in [0.15, 0.2) is 18.2 Å². The number of methoxy groups -OCH3 is 3. The highest BCUT2D eigenvalue weighted by Gasteiger charge is 2.13. The lowest BCUT2D eigenvalue weighted by Crippen LogP contribution is -2.06. The van der Waals surface area contributed by atoms with Crippen molar-refractivity contribution in [1.82, 2.24) is 9.78 Å². The minimum Gasteiger partial charge on any atom is -0.493 e. The smallest absolute Gasteiger partial charge is 0.203 e. The lowest BCUT2D eigenvalue weighted by atomic mass is 10.2. The molecule has 0 saturated heterocycles. The summed E-state index contributed by atoms with van der Waals surface area (Å²) in [4.78, 5) is 0. The average Bonchev–Trinajstić information content (AvgIpc) is 2.81. The Bertz CT molecular complexity index is 598. The van der Waals surface area contributed by atoms with E-state index in [0.29, 0.717) is 23.8 Å². The van der Waals surface area contributed by atoms with E-state index in [9.17, 15) is 0 Å². The third-order valence-electron chi connectivity index (χ3n) is 3.24. The van der Waals surface area contributed by atoms with Crippen molar-refractivity contribution in [2.24, 2.45) is 7.05 Å². The summed E-state index contributed by atoms with van der Waals surface area (Å²) >= 11 is 0. The minimum absolute atomic E-state index is 0.585. The molecule has 0 aliphatic rings. The first-order chi connectivity index (χ1) is 10.1. The van der Waals surface area contributed by atoms with Crippen LogP contribution in [0.5, 0.6) is 17.2 Å². The van der Waals surface area contributed by atoms with Gasteiger partial charge in [0.05, 0.1) is 39.3 Å². The Morgan fingerprint density at radius 2 is 1.67 bits per heavy atom. The largest absolute Gasteiger partial charge is 0.493 e. The van der Waals surface area contributed by atoms with Gasteiger partial charge in [-0.1, -0.05) is 0 Å². The predicted octanol–water partition coefficient (Wildman–Crippen LogP) is 2.37. The number of nitrogens with one attached hydrogen (secondary N) is 1. The number of aromatic nitrogens is 2. The molecular formula is C15H21N3O3. The predicted molar refractivity (Wildman–Crippen MR) is 81.4 cm³/mol. The van der Waals surface area contributed by atoms with Crippen LogP contribution >= 0.6 is 0 Å². The van der Waals surface area contributed by atoms with Crippen molar-refractivity contribution >= 4 is 5.69 Å². The van der Waals surface area contributed by atoms with Crippen LogP contribution in [-0.4, -0.2) is 31.1 Å². The number of anilines is 1. The number of aryl methyl sites for hydroxylation is 2. The molecule has 1 aromatic carbocycles. The fraction of sp³-hybridized carbons (Fsp3) is 0.400. The lowest BCUT2D eigenvalue weighted by molar-refractivity contribution is 0.324. The standard InChI is InChI=1S/C15H21N3O3/c1-10-6-12(18(2)17-10)9-16-11-7-13(19-3)15(21-5)14(8-11)20-4/h6-8,16H,9H2,1-5H3. The van der Waals surface area contributed by atoms with Crippen LogP contribution in [0.4, 0.5) is 5.69 Å². The Morgan fingerprint density at radius 1 is 1.05 bits per heavy atom. The molecule has 0 radical (unpaired) electrons. The van der Waals surface area contributed by atoms with Gasteiger partial charge in [0, 0.05) is 24.9 Å². The van der Waals surface area contributed by atoms with Crippen molar-refractivity contribution in [1.29, 1.82) is 0 Å². The summed E-state index contributed by atoms with van der Waals surface area (Å²) in [6.07, 6.45) is 0. The highest BCUT2D eigenvalue weighted by molar-refractivity contribution is 5.62. The normalized spacial score (nSPS) is 10.3. The second-order valence-electron chi connectivity index (χ2n) is 4.67. The molecule has 1 aromatic heterocycles. The fourth-order valence-electron chi connectivity index (χ4n) is 2.21. The maximum atomic E-state index is 5.34. The zero-order chi connectivity index (χ0) is 15.4. The van der Waals surface area contributed by atoms with Crippen molar-refractivity contribution < 1.29 is 14.2 Å². The zero-order valence-electron chi connectivity index (χ0n) is 13.1. The molecule has 0 saturated carbocycles. The molecule has 0 unspecified atom stereocenters. The van der Waals surface area contributed by atoms with Gasteiger partial charge in [0.2, 0.25) is 5.75 Å². The number of benzene rings is 1. The van der Waals surface area contributed by atoms with Crippen molar-refractivity contribution in [3.05, 3.63) is 29.6 Å². The molecule has 6 heteroatoms. The van der Waals surface area contributed by atoms with E-state index in [1.165, 1.54) is 0 Å². The molecule has 0 amide bonds. The van der Waals surface area contributed by atoms with E-state index >= 15 is 0 Å². The highest BCUT2D eigenvalue weighted by atomic mass is 16.5. The molecule has 0 atom stereocenters. The summed E-state index contributed by atoms with van der Waals surface area (Å²) in [6, 6.07) is 5.81. The van der Waals surface area contributed by atoms with E-state index < -0.39 is 0 Å². The number of hydrogen-bond donors (Lipinski definition) is 1. The first kappa shape index (κ1) is 15.0. The number of rotatable bonds is 6. The van der Waals surface area contributed by atoms with Crippen molar-refractivity contribution in [3.8, 4) is 17.2 Å². The first-order valence-corrected chi connectivity index (χ1v) is 6.62. The number of ether oxygens (including phenoxy) is 3. The van der Waals surface area contributed by atoms with Crippen LogP contribution in [0.25, 0.3) is 0 Å². The summed E-state index contributed by atoms with van der Waals surface area (Å²) < 4.78 is 17.8. The van der Waals surface area contributed by atoms with Crippen molar-refractivity contribution in [2.75, 3.05) is 26.6 Å². The maximum Gasteiger partial charge on any atom is 0.203 e. The van der Waals surface area contributed by atoms with Crippen LogP contribution in [0, 0.1) is 6.92 Å². The molecule has 0 fully saturated rings. The summed E-state index contributed by atoms with van der Waals surface area (Å²) in [5.74, 6) is 1.84. The first-order valence-electron chi connectivity index (χ1n) is 6.62. The molecule has 1 heterocycles. The van der Waals surface area contributed by atoms with Crippen LogP contribution in [0.1, 0.15) is 11.4 Å². The van der Waals surface area contributed by atoms with Gasteiger partial charge in [0.1, 0.15) is 0 Å². The lowest BCUT2D eigenvalue weighted by Gasteiger charge is -2.15. The summed E-state index contributed by atoms with van der Waals surface area (Å²) in [5.41, 5.74) is 2.99. The van der Waals surface area contributed by atoms with Crippen LogP contribution in [0.3, 0.4) is 0 Å². The van der Waals surface area contributed by atoms with E-state index in [1.54, 1.807) is 21.3 Å². The zero-order valence-corrected chi connectivity index (χ0v) is 13.1. The molecule has 114 valence electrons. The summed E-state index contributed by atoms with van der Waals surface area (Å²) in [7, 11) is 6.72. The van der Waals surface area contributed by atoms with Crippen LogP contribution in [0.2, 0.25) is 0 Å². The third-order valence-corrected chi connectivity index (χ3v) is 3.24. The Balaban J connectivity index is 2.22. The van der Waals surface area contributed by atoms with Gasteiger partial charge in [-0.05, 0) is 13.0 Å². The molecule has 0 spiro atoms. The Hall–Kier alpha value is -2.37. The van der Waals surface area contributed by atoms with Crippen LogP contribution < -0.4 is 19.5 Å². The Kier molecular flexibility index (Phi) is 4.57. The topological polar surface area (TPSA) is 57.5 Å². The van der Waals surface area contributed by atoms with Crippen molar-refractivity contribution in [2.45, 2.75) is 13.5 Å². The van der Waals surface area contributed by atoms with E-state index in [4.69, 9.17) is 14.2 Å². The molecule has 1 N–H and O–H groups in total. The van der Waals surface area contributed by atoms with Gasteiger partial charge in [0.25, 0.3) is 0 Å². The quantitative estimate of drug-likeness (QED) is 0.885. The molecule has 2 aromatic rings. The number of nitrogens with zero attached hydrogens (tertiary/aromatic N) is 2. The van der Waals surface area contributed by atoms with Gasteiger partial charge in [-0.2, -0.15) is 5.10 Å². The van der Waals surface area contributed by atoms with Gasteiger partial charge >= 0.3 is 0 Å².